The number of benzene rings is 1. The molecule has 2 rings (SSSR count). The number of hydrogen-bond acceptors (Lipinski definition) is 5. The van der Waals surface area contributed by atoms with Gasteiger partial charge in [-0.15, -0.1) is 0 Å². The van der Waals surface area contributed by atoms with Gasteiger partial charge in [-0.2, -0.15) is 0 Å². The maximum atomic E-state index is 11.5. The number of primary amides is 1. The van der Waals surface area contributed by atoms with Crippen LogP contribution in [0.3, 0.4) is 0 Å². The third-order valence-corrected chi connectivity index (χ3v) is 3.54. The Hall–Kier alpha value is -2.15. The van der Waals surface area contributed by atoms with Crippen LogP contribution in [0.1, 0.15) is 18.4 Å². The molecule has 1 atom stereocenters. The summed E-state index contributed by atoms with van der Waals surface area (Å²) in [4.78, 5) is 21.9. The zero-order valence-electron chi connectivity index (χ0n) is 11.2. The number of aryl methyl sites for hydroxylation is 1. The lowest BCUT2D eigenvalue weighted by atomic mass is 9.95. The van der Waals surface area contributed by atoms with E-state index in [4.69, 9.17) is 16.2 Å². The number of ether oxygens (including phenoxy) is 1. The predicted octanol–water partition coefficient (Wildman–Crippen LogP) is 0.875. The number of carbonyl (C=O) groups is 1. The molecule has 0 aliphatic heterocycles. The van der Waals surface area contributed by atoms with Crippen LogP contribution in [-0.2, 0) is 4.79 Å². The number of nitro benzene ring substituents is 1. The molecule has 20 heavy (non-hydrogen) atoms. The summed E-state index contributed by atoms with van der Waals surface area (Å²) in [5.41, 5.74) is 10.6. The molecule has 1 aliphatic rings. The molecule has 7 nitrogen and oxygen atoms in total. The van der Waals surface area contributed by atoms with Crippen LogP contribution < -0.4 is 16.2 Å². The fraction of sp³-hybridized carbons (Fsp3) is 0.462. The molecule has 1 aromatic rings. The van der Waals surface area contributed by atoms with Crippen molar-refractivity contribution < 1.29 is 14.5 Å². The van der Waals surface area contributed by atoms with Gasteiger partial charge in [0.25, 0.3) is 0 Å². The average molecular weight is 279 g/mol. The van der Waals surface area contributed by atoms with Crippen LogP contribution in [0.25, 0.3) is 0 Å². The first kappa shape index (κ1) is 14.3. The van der Waals surface area contributed by atoms with Crippen molar-refractivity contribution in [3.63, 3.8) is 0 Å². The van der Waals surface area contributed by atoms with Crippen LogP contribution >= 0.6 is 0 Å². The molecule has 0 aromatic heterocycles. The lowest BCUT2D eigenvalue weighted by Crippen LogP contribution is -2.58. The van der Waals surface area contributed by atoms with E-state index in [0.29, 0.717) is 0 Å². The van der Waals surface area contributed by atoms with Crippen molar-refractivity contribution in [1.29, 1.82) is 0 Å². The van der Waals surface area contributed by atoms with E-state index < -0.39 is 16.4 Å². The number of nitro groups is 1. The molecule has 0 bridgehead atoms. The number of amides is 1. The van der Waals surface area contributed by atoms with Gasteiger partial charge < -0.3 is 16.2 Å². The van der Waals surface area contributed by atoms with Gasteiger partial charge in [-0.1, -0.05) is 6.07 Å². The Bertz CT molecular complexity index is 557. The SMILES string of the molecule is Cc1ccc(OCC(N)(C(N)=O)C2CC2)c([N+](=O)[O-])c1. The summed E-state index contributed by atoms with van der Waals surface area (Å²) in [5.74, 6) is -0.559. The molecule has 0 radical (unpaired) electrons. The molecule has 4 N–H and O–H groups in total. The molecular weight excluding hydrogens is 262 g/mol. The van der Waals surface area contributed by atoms with Crippen LogP contribution in [0.5, 0.6) is 5.75 Å². The van der Waals surface area contributed by atoms with Crippen molar-refractivity contribution in [3.05, 3.63) is 33.9 Å². The van der Waals surface area contributed by atoms with Crippen molar-refractivity contribution in [3.8, 4) is 5.75 Å². The van der Waals surface area contributed by atoms with E-state index in [2.05, 4.69) is 0 Å². The number of nitrogens with zero attached hydrogens (tertiary/aromatic N) is 1. The third kappa shape index (κ3) is 2.72. The smallest absolute Gasteiger partial charge is 0.311 e. The summed E-state index contributed by atoms with van der Waals surface area (Å²) in [6, 6.07) is 4.61. The highest BCUT2D eigenvalue weighted by atomic mass is 16.6. The van der Waals surface area contributed by atoms with Crippen LogP contribution in [0, 0.1) is 23.0 Å². The normalized spacial score (nSPS) is 17.3. The molecule has 0 heterocycles. The first-order valence-electron chi connectivity index (χ1n) is 6.31. The predicted molar refractivity (Wildman–Crippen MR) is 72.2 cm³/mol. The first-order chi connectivity index (χ1) is 9.34. The van der Waals surface area contributed by atoms with Crippen molar-refractivity contribution >= 4 is 11.6 Å². The second-order valence-corrected chi connectivity index (χ2v) is 5.20. The molecular formula is C13H17N3O4. The van der Waals surface area contributed by atoms with Gasteiger partial charge in [-0.05, 0) is 37.3 Å². The van der Waals surface area contributed by atoms with Crippen LogP contribution in [-0.4, -0.2) is 23.0 Å². The lowest BCUT2D eigenvalue weighted by Gasteiger charge is -2.25. The zero-order chi connectivity index (χ0) is 14.9. The van der Waals surface area contributed by atoms with E-state index in [9.17, 15) is 14.9 Å². The minimum atomic E-state index is -1.27. The largest absolute Gasteiger partial charge is 0.484 e. The molecule has 1 aromatic carbocycles. The van der Waals surface area contributed by atoms with E-state index in [1.807, 2.05) is 0 Å². The Kier molecular flexibility index (Phi) is 3.63. The van der Waals surface area contributed by atoms with E-state index >= 15 is 0 Å². The van der Waals surface area contributed by atoms with E-state index in [-0.39, 0.29) is 24.0 Å². The summed E-state index contributed by atoms with van der Waals surface area (Å²) < 4.78 is 5.41. The molecule has 1 saturated carbocycles. The van der Waals surface area contributed by atoms with Crippen LogP contribution in [0.2, 0.25) is 0 Å². The summed E-state index contributed by atoms with van der Waals surface area (Å²) in [6.45, 7) is 1.59. The number of rotatable bonds is 6. The van der Waals surface area contributed by atoms with E-state index in [1.54, 1.807) is 13.0 Å². The highest BCUT2D eigenvalue weighted by Crippen LogP contribution is 2.39. The Morgan fingerprint density at radius 3 is 2.70 bits per heavy atom. The van der Waals surface area contributed by atoms with Gasteiger partial charge in [0.15, 0.2) is 5.75 Å². The zero-order valence-corrected chi connectivity index (χ0v) is 11.2. The Labute approximate surface area is 116 Å². The average Bonchev–Trinajstić information content (AvgIpc) is 3.21. The van der Waals surface area contributed by atoms with Crippen LogP contribution in [0.4, 0.5) is 5.69 Å². The van der Waals surface area contributed by atoms with Gasteiger partial charge in [0.05, 0.1) is 4.92 Å². The fourth-order valence-corrected chi connectivity index (χ4v) is 2.08. The lowest BCUT2D eigenvalue weighted by molar-refractivity contribution is -0.386. The molecule has 7 heteroatoms. The first-order valence-corrected chi connectivity index (χ1v) is 6.31. The number of carbonyl (C=O) groups excluding carboxylic acids is 1. The van der Waals surface area contributed by atoms with Crippen molar-refractivity contribution in [2.45, 2.75) is 25.3 Å². The highest BCUT2D eigenvalue weighted by Gasteiger charge is 2.47. The molecule has 108 valence electrons. The molecule has 1 amide bonds. The van der Waals surface area contributed by atoms with Gasteiger partial charge in [-0.3, -0.25) is 14.9 Å². The Morgan fingerprint density at radius 1 is 1.55 bits per heavy atom. The topological polar surface area (TPSA) is 121 Å². The monoisotopic (exact) mass is 279 g/mol. The summed E-state index contributed by atoms with van der Waals surface area (Å²) in [7, 11) is 0. The van der Waals surface area contributed by atoms with Gasteiger partial charge in [0.1, 0.15) is 12.1 Å². The third-order valence-electron chi connectivity index (χ3n) is 3.54. The summed E-state index contributed by atoms with van der Waals surface area (Å²) in [6.07, 6.45) is 1.64. The maximum absolute atomic E-state index is 11.5. The Balaban J connectivity index is 2.18. The minimum absolute atomic E-state index is 0.00972. The second kappa shape index (κ2) is 5.09. The minimum Gasteiger partial charge on any atom is -0.484 e. The van der Waals surface area contributed by atoms with Crippen molar-refractivity contribution in [2.24, 2.45) is 17.4 Å². The summed E-state index contributed by atoms with van der Waals surface area (Å²) >= 11 is 0. The van der Waals surface area contributed by atoms with Crippen LogP contribution in [0.15, 0.2) is 18.2 Å². The quantitative estimate of drug-likeness (QED) is 0.591. The molecule has 1 unspecified atom stereocenters. The molecule has 0 spiro atoms. The van der Waals surface area contributed by atoms with Gasteiger partial charge in [0, 0.05) is 6.07 Å². The standard InChI is InChI=1S/C13H17N3O4/c1-8-2-5-11(10(6-8)16(18)19)20-7-13(15,12(14)17)9-3-4-9/h2,5-6,9H,3-4,7,15H2,1H3,(H2,14,17). The number of hydrogen-bond donors (Lipinski definition) is 2. The van der Waals surface area contributed by atoms with E-state index in [0.717, 1.165) is 18.4 Å². The Morgan fingerprint density at radius 2 is 2.20 bits per heavy atom. The van der Waals surface area contributed by atoms with Crippen molar-refractivity contribution in [2.75, 3.05) is 6.61 Å². The summed E-state index contributed by atoms with van der Waals surface area (Å²) in [5, 5.41) is 11.0. The fourth-order valence-electron chi connectivity index (χ4n) is 2.08. The van der Waals surface area contributed by atoms with Gasteiger partial charge in [0.2, 0.25) is 5.91 Å². The molecule has 0 saturated heterocycles. The number of nitrogens with two attached hydrogens (primary N) is 2. The van der Waals surface area contributed by atoms with Gasteiger partial charge in [-0.25, -0.2) is 0 Å². The molecule has 1 fully saturated rings. The highest BCUT2D eigenvalue weighted by molar-refractivity contribution is 5.85. The second-order valence-electron chi connectivity index (χ2n) is 5.20. The van der Waals surface area contributed by atoms with Gasteiger partial charge >= 0.3 is 5.69 Å². The maximum Gasteiger partial charge on any atom is 0.311 e. The molecule has 1 aliphatic carbocycles. The van der Waals surface area contributed by atoms with Crippen molar-refractivity contribution in [1.82, 2.24) is 0 Å². The van der Waals surface area contributed by atoms with E-state index in [1.165, 1.54) is 12.1 Å².